The van der Waals surface area contributed by atoms with Gasteiger partial charge in [-0.1, -0.05) is 64.5 Å². The zero-order chi connectivity index (χ0) is 28.2. The molecule has 0 unspecified atom stereocenters. The summed E-state index contributed by atoms with van der Waals surface area (Å²) in [6.07, 6.45) is 1.21. The molecule has 7 heteroatoms. The van der Waals surface area contributed by atoms with Gasteiger partial charge in [-0.25, -0.2) is 0 Å². The van der Waals surface area contributed by atoms with Crippen molar-refractivity contribution in [1.29, 1.82) is 0 Å². The number of aryl methyl sites for hydroxylation is 1. The highest BCUT2D eigenvalue weighted by Gasteiger charge is 2.30. The highest BCUT2D eigenvalue weighted by atomic mass is 79.9. The van der Waals surface area contributed by atoms with Gasteiger partial charge >= 0.3 is 0 Å². The summed E-state index contributed by atoms with van der Waals surface area (Å²) in [6, 6.07) is 22.8. The number of benzene rings is 3. The number of amides is 2. The number of hydrogen-bond donors (Lipinski definition) is 1. The predicted molar refractivity (Wildman–Crippen MR) is 159 cm³/mol. The Morgan fingerprint density at radius 1 is 0.846 bits per heavy atom. The van der Waals surface area contributed by atoms with Gasteiger partial charge in [0, 0.05) is 29.9 Å². The molecule has 0 aliphatic heterocycles. The lowest BCUT2D eigenvalue weighted by atomic mass is 10.0. The van der Waals surface area contributed by atoms with E-state index in [2.05, 4.69) is 21.2 Å². The van der Waals surface area contributed by atoms with Crippen molar-refractivity contribution >= 4 is 27.7 Å². The van der Waals surface area contributed by atoms with E-state index in [4.69, 9.17) is 9.47 Å². The number of nitrogens with zero attached hydrogens (tertiary/aromatic N) is 1. The molecule has 39 heavy (non-hydrogen) atoms. The van der Waals surface area contributed by atoms with Crippen LogP contribution in [-0.2, 0) is 29.0 Å². The molecule has 0 fully saturated rings. The van der Waals surface area contributed by atoms with Crippen LogP contribution in [0.4, 0.5) is 0 Å². The van der Waals surface area contributed by atoms with E-state index < -0.39 is 6.04 Å². The lowest BCUT2D eigenvalue weighted by Gasteiger charge is -2.32. The maximum absolute atomic E-state index is 13.9. The molecule has 0 bridgehead atoms. The van der Waals surface area contributed by atoms with E-state index in [1.165, 1.54) is 0 Å². The molecular formula is C32H39BrN2O4. The Bertz CT molecular complexity index is 1200. The van der Waals surface area contributed by atoms with Crippen molar-refractivity contribution in [3.63, 3.8) is 0 Å². The zero-order valence-corrected chi connectivity index (χ0v) is 24.9. The largest absolute Gasteiger partial charge is 0.490 e. The lowest BCUT2D eigenvalue weighted by Crippen LogP contribution is -2.51. The Kier molecular flexibility index (Phi) is 11.9. The van der Waals surface area contributed by atoms with Gasteiger partial charge in [0.1, 0.15) is 6.04 Å². The molecule has 2 amide bonds. The summed E-state index contributed by atoms with van der Waals surface area (Å²) in [7, 11) is 0. The summed E-state index contributed by atoms with van der Waals surface area (Å²) in [5, 5.41) is 3.04. The Morgan fingerprint density at radius 2 is 1.49 bits per heavy atom. The number of carbonyl (C=O) groups excluding carboxylic acids is 2. The number of halogens is 1. The minimum atomic E-state index is -0.648. The normalized spacial score (nSPS) is 11.6. The van der Waals surface area contributed by atoms with Gasteiger partial charge < -0.3 is 19.7 Å². The molecule has 3 rings (SSSR count). The van der Waals surface area contributed by atoms with Crippen LogP contribution in [0.3, 0.4) is 0 Å². The van der Waals surface area contributed by atoms with Crippen molar-refractivity contribution < 1.29 is 19.1 Å². The number of rotatable bonds is 14. The second-order valence-corrected chi connectivity index (χ2v) is 10.6. The Hall–Kier alpha value is -3.32. The summed E-state index contributed by atoms with van der Waals surface area (Å²) >= 11 is 3.48. The first-order chi connectivity index (χ1) is 18.8. The monoisotopic (exact) mass is 594 g/mol. The predicted octanol–water partition coefficient (Wildman–Crippen LogP) is 6.34. The van der Waals surface area contributed by atoms with Crippen LogP contribution in [-0.4, -0.2) is 42.0 Å². The minimum Gasteiger partial charge on any atom is -0.490 e. The van der Waals surface area contributed by atoms with Gasteiger partial charge in [-0.15, -0.1) is 0 Å². The van der Waals surface area contributed by atoms with Crippen LogP contribution in [0.25, 0.3) is 0 Å². The van der Waals surface area contributed by atoms with E-state index >= 15 is 0 Å². The van der Waals surface area contributed by atoms with Crippen molar-refractivity contribution in [3.8, 4) is 11.5 Å². The quantitative estimate of drug-likeness (QED) is 0.236. The van der Waals surface area contributed by atoms with Crippen LogP contribution in [0.2, 0.25) is 0 Å². The van der Waals surface area contributed by atoms with Crippen molar-refractivity contribution in [2.24, 2.45) is 0 Å². The van der Waals surface area contributed by atoms with Gasteiger partial charge in [0.25, 0.3) is 0 Å². The van der Waals surface area contributed by atoms with Crippen molar-refractivity contribution in [3.05, 3.63) is 94.0 Å². The first-order valence-corrected chi connectivity index (χ1v) is 14.4. The molecule has 208 valence electrons. The number of carbonyl (C=O) groups is 2. The maximum Gasteiger partial charge on any atom is 0.243 e. The maximum atomic E-state index is 13.9. The van der Waals surface area contributed by atoms with Gasteiger partial charge in [-0.2, -0.15) is 0 Å². The smallest absolute Gasteiger partial charge is 0.243 e. The molecule has 0 heterocycles. The first kappa shape index (κ1) is 30.2. The van der Waals surface area contributed by atoms with Gasteiger partial charge in [0.15, 0.2) is 11.5 Å². The van der Waals surface area contributed by atoms with Gasteiger partial charge in [0.05, 0.1) is 13.2 Å². The van der Waals surface area contributed by atoms with Crippen molar-refractivity contribution in [2.45, 2.75) is 65.6 Å². The van der Waals surface area contributed by atoms with Crippen LogP contribution >= 0.6 is 15.9 Å². The summed E-state index contributed by atoms with van der Waals surface area (Å²) < 4.78 is 12.4. The molecule has 1 N–H and O–H groups in total. The van der Waals surface area contributed by atoms with Crippen LogP contribution in [0.5, 0.6) is 11.5 Å². The SMILES string of the molecule is CCOc1ccc(CCC(=O)N(Cc2ccc(Br)cc2)[C@H](Cc2ccccc2)C(=O)NC(C)C)cc1OCC. The average Bonchev–Trinajstić information content (AvgIpc) is 2.92. The third-order valence-electron chi connectivity index (χ3n) is 6.20. The molecule has 1 atom stereocenters. The van der Waals surface area contributed by atoms with Gasteiger partial charge in [-0.05, 0) is 75.1 Å². The summed E-state index contributed by atoms with van der Waals surface area (Å²) in [5.41, 5.74) is 2.94. The number of hydrogen-bond acceptors (Lipinski definition) is 4. The molecule has 3 aromatic carbocycles. The molecule has 0 aliphatic rings. The van der Waals surface area contributed by atoms with Crippen LogP contribution in [0.15, 0.2) is 77.3 Å². The van der Waals surface area contributed by atoms with Gasteiger partial charge in [0.2, 0.25) is 11.8 Å². The molecule has 0 radical (unpaired) electrons. The topological polar surface area (TPSA) is 67.9 Å². The van der Waals surface area contributed by atoms with Crippen molar-refractivity contribution in [2.75, 3.05) is 13.2 Å². The molecule has 0 aliphatic carbocycles. The molecule has 3 aromatic rings. The molecule has 0 spiro atoms. The van der Waals surface area contributed by atoms with Crippen LogP contribution < -0.4 is 14.8 Å². The van der Waals surface area contributed by atoms with E-state index in [-0.39, 0.29) is 24.3 Å². The average molecular weight is 596 g/mol. The second kappa shape index (κ2) is 15.3. The molecule has 0 saturated heterocycles. The molecule has 0 saturated carbocycles. The summed E-state index contributed by atoms with van der Waals surface area (Å²) in [5.74, 6) is 1.14. The minimum absolute atomic E-state index is 0.0405. The molecule has 6 nitrogen and oxygen atoms in total. The Balaban J connectivity index is 1.89. The van der Waals surface area contributed by atoms with Crippen LogP contribution in [0, 0.1) is 0 Å². The summed E-state index contributed by atoms with van der Waals surface area (Å²) in [6.45, 7) is 9.13. The third kappa shape index (κ3) is 9.43. The van der Waals surface area contributed by atoms with E-state index in [0.29, 0.717) is 44.1 Å². The Morgan fingerprint density at radius 3 is 2.13 bits per heavy atom. The van der Waals surface area contributed by atoms with E-state index in [0.717, 1.165) is 21.2 Å². The standard InChI is InChI=1S/C32H39BrN2O4/c1-5-38-29-18-14-25(21-30(29)39-6-2)15-19-31(36)35(22-26-12-16-27(33)17-13-26)28(32(37)34-23(3)4)20-24-10-8-7-9-11-24/h7-14,16-18,21,23,28H,5-6,15,19-20,22H2,1-4H3,(H,34,37)/t28-/m1/s1. The second-order valence-electron chi connectivity index (χ2n) is 9.66. The highest BCUT2D eigenvalue weighted by Crippen LogP contribution is 2.29. The van der Waals surface area contributed by atoms with Gasteiger partial charge in [-0.3, -0.25) is 9.59 Å². The molecular weight excluding hydrogens is 556 g/mol. The van der Waals surface area contributed by atoms with E-state index in [9.17, 15) is 9.59 Å². The summed E-state index contributed by atoms with van der Waals surface area (Å²) in [4.78, 5) is 29.1. The number of ether oxygens (including phenoxy) is 2. The third-order valence-corrected chi connectivity index (χ3v) is 6.73. The zero-order valence-electron chi connectivity index (χ0n) is 23.3. The van der Waals surface area contributed by atoms with Crippen molar-refractivity contribution in [1.82, 2.24) is 10.2 Å². The van der Waals surface area contributed by atoms with E-state index in [1.54, 1.807) is 4.90 Å². The molecule has 0 aromatic heterocycles. The lowest BCUT2D eigenvalue weighted by molar-refractivity contribution is -0.141. The van der Waals surface area contributed by atoms with Crippen LogP contribution in [0.1, 0.15) is 50.8 Å². The fourth-order valence-electron chi connectivity index (χ4n) is 4.37. The fourth-order valence-corrected chi connectivity index (χ4v) is 4.63. The number of nitrogens with one attached hydrogen (secondary N) is 1. The first-order valence-electron chi connectivity index (χ1n) is 13.6. The highest BCUT2D eigenvalue weighted by molar-refractivity contribution is 9.10. The van der Waals surface area contributed by atoms with E-state index in [1.807, 2.05) is 100 Å². The Labute approximate surface area is 240 Å². The fraction of sp³-hybridized carbons (Fsp3) is 0.375.